The van der Waals surface area contributed by atoms with Crippen LogP contribution in [0.5, 0.6) is 5.75 Å². The molecule has 8 N–H and O–H groups in total. The smallest absolute Gasteiger partial charge is 0.406 e. The molecular formula is C18H23F3N4O7. The van der Waals surface area contributed by atoms with Crippen LogP contribution in [0.2, 0.25) is 0 Å². The van der Waals surface area contributed by atoms with E-state index in [1.165, 1.54) is 6.92 Å². The summed E-state index contributed by atoms with van der Waals surface area (Å²) in [6.45, 7) is 1.28. The summed E-state index contributed by atoms with van der Waals surface area (Å²) in [5.74, 6) is -2.39. The summed E-state index contributed by atoms with van der Waals surface area (Å²) < 4.78 is 40.3. The number of nitrogens with one attached hydrogen (secondary N) is 3. The summed E-state index contributed by atoms with van der Waals surface area (Å²) in [5, 5.41) is 37.6. The van der Waals surface area contributed by atoms with E-state index in [-0.39, 0.29) is 5.69 Å². The number of urea groups is 1. The van der Waals surface area contributed by atoms with E-state index in [9.17, 15) is 42.9 Å². The predicted octanol–water partition coefficient (Wildman–Crippen LogP) is -0.688. The summed E-state index contributed by atoms with van der Waals surface area (Å²) in [7, 11) is 0. The fraction of sp³-hybridized carbons (Fsp3) is 0.500. The zero-order valence-corrected chi connectivity index (χ0v) is 16.7. The van der Waals surface area contributed by atoms with Crippen LogP contribution in [-0.4, -0.2) is 69.4 Å². The van der Waals surface area contributed by atoms with Gasteiger partial charge in [0.05, 0.1) is 12.1 Å². The summed E-state index contributed by atoms with van der Waals surface area (Å²) in [6.07, 6.45) is -9.07. The van der Waals surface area contributed by atoms with Gasteiger partial charge in [0.25, 0.3) is 5.91 Å². The molecule has 0 unspecified atom stereocenters. The van der Waals surface area contributed by atoms with Crippen LogP contribution < -0.4 is 26.4 Å². The van der Waals surface area contributed by atoms with Gasteiger partial charge in [0.1, 0.15) is 23.5 Å². The van der Waals surface area contributed by atoms with E-state index in [0.29, 0.717) is 0 Å². The minimum atomic E-state index is -4.87. The fourth-order valence-electron chi connectivity index (χ4n) is 3.10. The van der Waals surface area contributed by atoms with Crippen molar-refractivity contribution in [3.05, 3.63) is 24.3 Å². The lowest BCUT2D eigenvalue weighted by atomic mass is 9.77. The molecule has 14 heteroatoms. The van der Waals surface area contributed by atoms with E-state index >= 15 is 0 Å². The number of benzene rings is 1. The third-order valence-corrected chi connectivity index (χ3v) is 4.77. The first-order valence-corrected chi connectivity index (χ1v) is 9.32. The van der Waals surface area contributed by atoms with Crippen molar-refractivity contribution < 1.29 is 47.6 Å². The maximum absolute atomic E-state index is 12.4. The van der Waals surface area contributed by atoms with Gasteiger partial charge in [-0.05, 0) is 31.2 Å². The fourth-order valence-corrected chi connectivity index (χ4v) is 3.10. The highest BCUT2D eigenvalue weighted by atomic mass is 19.4. The van der Waals surface area contributed by atoms with Gasteiger partial charge in [0, 0.05) is 18.5 Å². The maximum atomic E-state index is 12.4. The number of ether oxygens (including phenoxy) is 1. The number of rotatable bonds is 6. The van der Waals surface area contributed by atoms with Gasteiger partial charge >= 0.3 is 12.4 Å². The normalized spacial score (nSPS) is 26.5. The number of amides is 4. The Bertz CT molecular complexity index is 852. The van der Waals surface area contributed by atoms with Crippen molar-refractivity contribution in [1.29, 1.82) is 0 Å². The molecule has 5 atom stereocenters. The van der Waals surface area contributed by atoms with Gasteiger partial charge in [-0.15, -0.1) is 13.2 Å². The molecule has 1 aliphatic rings. The van der Waals surface area contributed by atoms with Crippen molar-refractivity contribution in [2.75, 3.05) is 5.32 Å². The van der Waals surface area contributed by atoms with E-state index in [1.807, 2.05) is 0 Å². The molecule has 0 radical (unpaired) electrons. The Hall–Kier alpha value is -3.10. The van der Waals surface area contributed by atoms with Gasteiger partial charge in [-0.3, -0.25) is 9.59 Å². The lowest BCUT2D eigenvalue weighted by Crippen LogP contribution is -2.64. The zero-order chi connectivity index (χ0) is 24.3. The Morgan fingerprint density at radius 1 is 1.19 bits per heavy atom. The Kier molecular flexibility index (Phi) is 7.54. The third kappa shape index (κ3) is 6.70. The van der Waals surface area contributed by atoms with Crippen LogP contribution in [0.1, 0.15) is 19.8 Å². The van der Waals surface area contributed by atoms with Gasteiger partial charge in [-0.2, -0.15) is 0 Å². The van der Waals surface area contributed by atoms with Crippen LogP contribution in [0.3, 0.4) is 0 Å². The Morgan fingerprint density at radius 3 is 2.31 bits per heavy atom. The predicted molar refractivity (Wildman–Crippen MR) is 102 cm³/mol. The zero-order valence-electron chi connectivity index (χ0n) is 16.7. The number of aliphatic hydroxyl groups excluding tert-OH is 2. The number of alkyl halides is 3. The third-order valence-electron chi connectivity index (χ3n) is 4.77. The first-order chi connectivity index (χ1) is 14.7. The molecule has 2 rings (SSSR count). The van der Waals surface area contributed by atoms with Crippen molar-refractivity contribution in [2.24, 2.45) is 5.73 Å². The second-order valence-electron chi connectivity index (χ2n) is 7.37. The van der Waals surface area contributed by atoms with E-state index < -0.39 is 72.7 Å². The molecule has 0 heterocycles. The topological polar surface area (TPSA) is 183 Å². The largest absolute Gasteiger partial charge is 0.573 e. The molecule has 11 nitrogen and oxygen atoms in total. The number of halogens is 3. The number of anilines is 1. The van der Waals surface area contributed by atoms with Gasteiger partial charge in [0.2, 0.25) is 5.91 Å². The van der Waals surface area contributed by atoms with Crippen molar-refractivity contribution in [1.82, 2.24) is 10.6 Å². The Morgan fingerprint density at radius 2 is 1.78 bits per heavy atom. The highest BCUT2D eigenvalue weighted by Gasteiger charge is 2.49. The number of carbonyl (C=O) groups excluding carboxylic acids is 3. The summed E-state index contributed by atoms with van der Waals surface area (Å²) in [5.41, 5.74) is 2.91. The van der Waals surface area contributed by atoms with Crippen LogP contribution >= 0.6 is 0 Å². The van der Waals surface area contributed by atoms with Gasteiger partial charge in [0.15, 0.2) is 0 Å². The van der Waals surface area contributed by atoms with E-state index in [2.05, 4.69) is 20.7 Å². The molecule has 1 aliphatic carbocycles. The van der Waals surface area contributed by atoms with Crippen molar-refractivity contribution in [2.45, 2.75) is 56.0 Å². The SMILES string of the molecule is C[C@@H](NC(=O)[C@@]1(O)C[C@@H](O)[C@H](O)[C@@H](NC(=O)Nc2ccc(OC(F)(F)F)cc2)C1)C(N)=O. The lowest BCUT2D eigenvalue weighted by Gasteiger charge is -2.41. The molecule has 1 saturated carbocycles. The summed E-state index contributed by atoms with van der Waals surface area (Å²) in [4.78, 5) is 35.7. The van der Waals surface area contributed by atoms with Gasteiger partial charge in [-0.1, -0.05) is 0 Å². The molecule has 4 amide bonds. The number of hydrogen-bond acceptors (Lipinski definition) is 7. The first-order valence-electron chi connectivity index (χ1n) is 9.32. The number of nitrogens with two attached hydrogens (primary N) is 1. The average molecular weight is 464 g/mol. The average Bonchev–Trinajstić information content (AvgIpc) is 2.66. The van der Waals surface area contributed by atoms with Crippen LogP contribution in [-0.2, 0) is 9.59 Å². The molecule has 0 aliphatic heterocycles. The Labute approximate surface area is 179 Å². The number of hydrogen-bond donors (Lipinski definition) is 7. The lowest BCUT2D eigenvalue weighted by molar-refractivity contribution is -0.274. The summed E-state index contributed by atoms with van der Waals surface area (Å²) in [6, 6.07) is 0.849. The molecule has 0 saturated heterocycles. The summed E-state index contributed by atoms with van der Waals surface area (Å²) >= 11 is 0. The molecule has 178 valence electrons. The molecule has 1 fully saturated rings. The van der Waals surface area contributed by atoms with Crippen molar-refractivity contribution in [3.8, 4) is 5.75 Å². The minimum absolute atomic E-state index is 0.0751. The van der Waals surface area contributed by atoms with E-state index in [4.69, 9.17) is 5.73 Å². The van der Waals surface area contributed by atoms with Crippen LogP contribution in [0.25, 0.3) is 0 Å². The van der Waals surface area contributed by atoms with E-state index in [0.717, 1.165) is 24.3 Å². The van der Waals surface area contributed by atoms with Crippen molar-refractivity contribution in [3.63, 3.8) is 0 Å². The van der Waals surface area contributed by atoms with Crippen LogP contribution in [0.4, 0.5) is 23.7 Å². The number of primary amides is 1. The molecule has 0 spiro atoms. The maximum Gasteiger partial charge on any atom is 0.573 e. The molecule has 1 aromatic rings. The van der Waals surface area contributed by atoms with Crippen molar-refractivity contribution >= 4 is 23.5 Å². The molecule has 32 heavy (non-hydrogen) atoms. The molecule has 0 bridgehead atoms. The number of aliphatic hydroxyl groups is 3. The highest BCUT2D eigenvalue weighted by molar-refractivity contribution is 5.91. The van der Waals surface area contributed by atoms with Crippen LogP contribution in [0, 0.1) is 0 Å². The highest BCUT2D eigenvalue weighted by Crippen LogP contribution is 2.30. The van der Waals surface area contributed by atoms with Gasteiger partial charge in [-0.25, -0.2) is 4.79 Å². The Balaban J connectivity index is 2.02. The second-order valence-corrected chi connectivity index (χ2v) is 7.37. The standard InChI is InChI=1S/C18H23F3N4O7/c1-8(14(22)28)23-15(29)17(31)6-11(13(27)12(26)7-17)25-16(30)24-9-2-4-10(5-3-9)32-18(19,20)21/h2-5,8,11-13,26-27,31H,6-7H2,1H3,(H2,22,28)(H,23,29)(H2,24,25,30)/t8-,11+,12-,13-,17+/m1/s1. The molecule has 0 aromatic heterocycles. The molecular weight excluding hydrogens is 441 g/mol. The number of carbonyl (C=O) groups is 3. The minimum Gasteiger partial charge on any atom is -0.406 e. The first kappa shape index (κ1) is 25.2. The molecule has 1 aromatic carbocycles. The quantitative estimate of drug-likeness (QED) is 0.291. The monoisotopic (exact) mass is 464 g/mol. The van der Waals surface area contributed by atoms with E-state index in [1.54, 1.807) is 0 Å². The second kappa shape index (κ2) is 9.58. The van der Waals surface area contributed by atoms with Gasteiger partial charge < -0.3 is 41.7 Å². The van der Waals surface area contributed by atoms with Crippen LogP contribution in [0.15, 0.2) is 24.3 Å².